The molecule has 0 radical (unpaired) electrons. The molecule has 1 nitrogen and oxygen atoms in total. The van der Waals surface area contributed by atoms with Crippen LogP contribution in [-0.2, 0) is 26.2 Å². The van der Waals surface area contributed by atoms with Gasteiger partial charge in [-0.3, -0.25) is 0 Å². The first kappa shape index (κ1) is 10.8. The molecule has 0 saturated carbocycles. The van der Waals surface area contributed by atoms with Crippen molar-refractivity contribution in [1.82, 2.24) is 0 Å². The van der Waals surface area contributed by atoms with Crippen LogP contribution in [0.1, 0.15) is 5.56 Å². The Hall–Kier alpha value is -0.227. The van der Waals surface area contributed by atoms with Gasteiger partial charge in [-0.15, -0.1) is 6.07 Å². The average Bonchev–Trinajstić information content (AvgIpc) is 1.88. The Kier molecular flexibility index (Phi) is 4.52. The van der Waals surface area contributed by atoms with Gasteiger partial charge in [-0.05, 0) is 14.1 Å². The van der Waals surface area contributed by atoms with Crippen LogP contribution in [-0.4, -0.2) is 14.1 Å². The van der Waals surface area contributed by atoms with E-state index in [2.05, 4.69) is 17.9 Å². The second-order valence-corrected chi connectivity index (χ2v) is 2.52. The molecular weight excluding hydrogens is 213 g/mol. The van der Waals surface area contributed by atoms with Crippen molar-refractivity contribution in [3.8, 4) is 0 Å². The molecule has 1 aromatic rings. The van der Waals surface area contributed by atoms with Crippen molar-refractivity contribution in [3.05, 3.63) is 36.8 Å². The van der Waals surface area contributed by atoms with Crippen LogP contribution in [0.5, 0.6) is 0 Å². The average molecular weight is 225 g/mol. The first-order valence-corrected chi connectivity index (χ1v) is 3.30. The molecule has 0 atom stereocenters. The Bertz CT molecular complexity index is 221. The number of para-hydroxylation sites is 1. The van der Waals surface area contributed by atoms with E-state index in [0.717, 1.165) is 5.56 Å². The van der Waals surface area contributed by atoms with Gasteiger partial charge in [0.2, 0.25) is 0 Å². The molecule has 0 fully saturated rings. The molecule has 0 bridgehead atoms. The second-order valence-electron chi connectivity index (χ2n) is 2.52. The number of anilines is 1. The van der Waals surface area contributed by atoms with Crippen molar-refractivity contribution >= 4 is 5.69 Å². The fourth-order valence-corrected chi connectivity index (χ4v) is 0.947. The standard InChI is InChI=1S/C9H12N.Zr/c1-8-6-4-5-7-9(8)10(2)3;/h4-7H,1H2,2-3H3;/q-1;. The van der Waals surface area contributed by atoms with Crippen LogP contribution >= 0.6 is 0 Å². The Labute approximate surface area is 87.5 Å². The topological polar surface area (TPSA) is 3.24 Å². The first-order chi connectivity index (χ1) is 4.72. The van der Waals surface area contributed by atoms with Gasteiger partial charge in [0.05, 0.1) is 0 Å². The Morgan fingerprint density at radius 1 is 1.18 bits per heavy atom. The minimum atomic E-state index is 0. The number of hydrogen-bond acceptors (Lipinski definition) is 1. The van der Waals surface area contributed by atoms with E-state index in [1.165, 1.54) is 5.69 Å². The van der Waals surface area contributed by atoms with Gasteiger partial charge in [-0.25, -0.2) is 0 Å². The minimum absolute atomic E-state index is 0. The monoisotopic (exact) mass is 224 g/mol. The number of hydrogen-bond donors (Lipinski definition) is 0. The maximum absolute atomic E-state index is 3.90. The van der Waals surface area contributed by atoms with Crippen molar-refractivity contribution in [2.75, 3.05) is 19.0 Å². The smallest absolute Gasteiger partial charge is 0 e. The third-order valence-corrected chi connectivity index (χ3v) is 1.47. The van der Waals surface area contributed by atoms with E-state index in [1.54, 1.807) is 0 Å². The molecule has 11 heavy (non-hydrogen) atoms. The van der Waals surface area contributed by atoms with Crippen LogP contribution in [0.4, 0.5) is 5.69 Å². The van der Waals surface area contributed by atoms with Crippen LogP contribution in [0, 0.1) is 6.92 Å². The van der Waals surface area contributed by atoms with Crippen molar-refractivity contribution in [2.24, 2.45) is 0 Å². The van der Waals surface area contributed by atoms with Gasteiger partial charge in [0.25, 0.3) is 0 Å². The molecule has 0 aromatic heterocycles. The molecular formula is C9H12NZr-. The van der Waals surface area contributed by atoms with E-state index in [0.29, 0.717) is 0 Å². The zero-order chi connectivity index (χ0) is 7.56. The molecule has 0 aliphatic heterocycles. The number of rotatable bonds is 1. The third kappa shape index (κ3) is 2.71. The van der Waals surface area contributed by atoms with Crippen LogP contribution in [0.3, 0.4) is 0 Å². The summed E-state index contributed by atoms with van der Waals surface area (Å²) in [5, 5.41) is 0. The van der Waals surface area contributed by atoms with Gasteiger partial charge in [0.1, 0.15) is 0 Å². The second kappa shape index (κ2) is 4.61. The van der Waals surface area contributed by atoms with E-state index in [9.17, 15) is 0 Å². The van der Waals surface area contributed by atoms with Gasteiger partial charge in [0.15, 0.2) is 0 Å². The summed E-state index contributed by atoms with van der Waals surface area (Å²) in [6.07, 6.45) is 0. The van der Waals surface area contributed by atoms with Crippen LogP contribution in [0.15, 0.2) is 24.3 Å². The molecule has 1 aromatic carbocycles. The molecule has 0 saturated heterocycles. The van der Waals surface area contributed by atoms with Gasteiger partial charge in [-0.1, -0.05) is 17.8 Å². The van der Waals surface area contributed by atoms with E-state index >= 15 is 0 Å². The third-order valence-electron chi connectivity index (χ3n) is 1.47. The van der Waals surface area contributed by atoms with Crippen LogP contribution in [0.25, 0.3) is 0 Å². The van der Waals surface area contributed by atoms with Gasteiger partial charge >= 0.3 is 0 Å². The maximum Gasteiger partial charge on any atom is 0 e. The fraction of sp³-hybridized carbons (Fsp3) is 0.222. The predicted octanol–water partition coefficient (Wildman–Crippen LogP) is 1.93. The molecule has 0 heterocycles. The zero-order valence-electron chi connectivity index (χ0n) is 6.96. The summed E-state index contributed by atoms with van der Waals surface area (Å²) in [6.45, 7) is 3.90. The predicted molar refractivity (Wildman–Crippen MR) is 45.2 cm³/mol. The molecule has 0 aliphatic carbocycles. The summed E-state index contributed by atoms with van der Waals surface area (Å²) in [4.78, 5) is 2.06. The van der Waals surface area contributed by atoms with E-state index in [4.69, 9.17) is 0 Å². The number of nitrogens with zero attached hydrogens (tertiary/aromatic N) is 1. The maximum atomic E-state index is 3.90. The van der Waals surface area contributed by atoms with Crippen LogP contribution < -0.4 is 4.90 Å². The first-order valence-electron chi connectivity index (χ1n) is 3.30. The summed E-state index contributed by atoms with van der Waals surface area (Å²) in [5.74, 6) is 0. The van der Waals surface area contributed by atoms with Gasteiger partial charge in [0, 0.05) is 26.2 Å². The molecule has 0 aliphatic rings. The molecule has 1 rings (SSSR count). The molecule has 0 spiro atoms. The van der Waals surface area contributed by atoms with E-state index in [1.807, 2.05) is 32.3 Å². The largest absolute Gasteiger partial charge is 0.428 e. The summed E-state index contributed by atoms with van der Waals surface area (Å²) in [6, 6.07) is 8.08. The van der Waals surface area contributed by atoms with Crippen molar-refractivity contribution in [2.45, 2.75) is 0 Å². The van der Waals surface area contributed by atoms with Gasteiger partial charge < -0.3 is 4.90 Å². The summed E-state index contributed by atoms with van der Waals surface area (Å²) in [5.41, 5.74) is 2.26. The molecule has 2 heteroatoms. The molecule has 58 valence electrons. The van der Waals surface area contributed by atoms with Crippen molar-refractivity contribution < 1.29 is 26.2 Å². The molecule has 0 N–H and O–H groups in total. The Balaban J connectivity index is 0.000001000. The summed E-state index contributed by atoms with van der Waals surface area (Å²) in [7, 11) is 4.04. The quantitative estimate of drug-likeness (QED) is 0.660. The number of benzene rings is 1. The van der Waals surface area contributed by atoms with Crippen molar-refractivity contribution in [3.63, 3.8) is 0 Å². The zero-order valence-corrected chi connectivity index (χ0v) is 9.42. The Morgan fingerprint density at radius 3 is 2.09 bits per heavy atom. The van der Waals surface area contributed by atoms with E-state index < -0.39 is 0 Å². The van der Waals surface area contributed by atoms with Crippen molar-refractivity contribution in [1.29, 1.82) is 0 Å². The molecule has 0 unspecified atom stereocenters. The SMILES string of the molecule is [CH2-]c1ccccc1N(C)C.[Zr]. The minimum Gasteiger partial charge on any atom is -0.428 e. The van der Waals surface area contributed by atoms with Gasteiger partial charge in [-0.2, -0.15) is 18.6 Å². The van der Waals surface area contributed by atoms with E-state index in [-0.39, 0.29) is 26.2 Å². The summed E-state index contributed by atoms with van der Waals surface area (Å²) >= 11 is 0. The fourth-order valence-electron chi connectivity index (χ4n) is 0.947. The van der Waals surface area contributed by atoms with Crippen LogP contribution in [0.2, 0.25) is 0 Å². The normalized spacial score (nSPS) is 8.55. The summed E-state index contributed by atoms with van der Waals surface area (Å²) < 4.78 is 0. The molecule has 0 amide bonds. The Morgan fingerprint density at radius 2 is 1.73 bits per heavy atom.